The number of aliphatic carboxylic acids is 1. The maximum absolute atomic E-state index is 11.0. The molecule has 10 heteroatoms. The first-order valence-corrected chi connectivity index (χ1v) is 11.9. The summed E-state index contributed by atoms with van der Waals surface area (Å²) < 4.78 is 10.0. The molecule has 3 aliphatic heterocycles. The Labute approximate surface area is 194 Å². The van der Waals surface area contributed by atoms with Crippen molar-refractivity contribution in [2.24, 2.45) is 28.3 Å². The van der Waals surface area contributed by atoms with Gasteiger partial charge in [0.05, 0.1) is 0 Å². The van der Waals surface area contributed by atoms with Crippen LogP contribution in [-0.2, 0) is 23.9 Å². The molecule has 3 aliphatic rings. The fraction of sp³-hybridized carbons (Fsp3) is 0.739. The molecule has 0 radical (unpaired) electrons. The SMILES string of the molecule is NC(CCC1=CN2CCCC(CCCCC(N)C(=O)O)C2C2CCC(OC=O)N=C12)OC=O. The maximum Gasteiger partial charge on any atom is 0.320 e. The number of allylic oxidation sites excluding steroid dienone is 1. The van der Waals surface area contributed by atoms with E-state index in [1.807, 2.05) is 0 Å². The molecule has 0 aromatic heterocycles. The summed E-state index contributed by atoms with van der Waals surface area (Å²) in [6, 6.07) is -0.471. The highest BCUT2D eigenvalue weighted by Crippen LogP contribution is 2.42. The highest BCUT2D eigenvalue weighted by molar-refractivity contribution is 6.03. The van der Waals surface area contributed by atoms with Crippen molar-refractivity contribution in [2.75, 3.05) is 6.54 Å². The van der Waals surface area contributed by atoms with E-state index in [0.717, 1.165) is 56.4 Å². The molecule has 0 aromatic carbocycles. The van der Waals surface area contributed by atoms with Crippen LogP contribution >= 0.6 is 0 Å². The zero-order chi connectivity index (χ0) is 23.8. The summed E-state index contributed by atoms with van der Waals surface area (Å²) >= 11 is 0. The molecule has 33 heavy (non-hydrogen) atoms. The van der Waals surface area contributed by atoms with Crippen molar-refractivity contribution in [1.82, 2.24) is 4.90 Å². The van der Waals surface area contributed by atoms with Gasteiger partial charge in [0, 0.05) is 43.3 Å². The minimum Gasteiger partial charge on any atom is -0.480 e. The van der Waals surface area contributed by atoms with Crippen LogP contribution in [0.4, 0.5) is 0 Å². The highest BCUT2D eigenvalue weighted by atomic mass is 16.5. The number of rotatable bonds is 13. The summed E-state index contributed by atoms with van der Waals surface area (Å²) in [6.45, 7) is 1.79. The highest BCUT2D eigenvalue weighted by Gasteiger charge is 2.43. The van der Waals surface area contributed by atoms with Crippen LogP contribution in [0.1, 0.15) is 64.2 Å². The molecule has 0 bridgehead atoms. The number of carbonyl (C=O) groups is 3. The Hall–Kier alpha value is -2.46. The van der Waals surface area contributed by atoms with Crippen LogP contribution in [0.2, 0.25) is 0 Å². The van der Waals surface area contributed by atoms with E-state index < -0.39 is 24.5 Å². The molecule has 6 unspecified atom stereocenters. The van der Waals surface area contributed by atoms with Crippen molar-refractivity contribution in [2.45, 2.75) is 88.7 Å². The number of carboxylic acid groups (broad SMARTS) is 1. The number of piperidine rings is 1. The largest absolute Gasteiger partial charge is 0.480 e. The molecular formula is C23H36N4O6. The number of fused-ring (bicyclic) bond motifs is 3. The number of nitrogens with zero attached hydrogens (tertiary/aromatic N) is 2. The van der Waals surface area contributed by atoms with Gasteiger partial charge in [-0.25, -0.2) is 4.99 Å². The lowest BCUT2D eigenvalue weighted by Crippen LogP contribution is -2.53. The minimum atomic E-state index is -0.947. The number of hydrogen-bond acceptors (Lipinski definition) is 9. The predicted octanol–water partition coefficient (Wildman–Crippen LogP) is 1.52. The zero-order valence-electron chi connectivity index (χ0n) is 19.0. The topological polar surface area (TPSA) is 158 Å². The molecule has 0 amide bonds. The fourth-order valence-corrected chi connectivity index (χ4v) is 5.53. The van der Waals surface area contributed by atoms with Crippen LogP contribution in [0.5, 0.6) is 0 Å². The molecule has 0 aliphatic carbocycles. The number of carbonyl (C=O) groups excluding carboxylic acids is 2. The summed E-state index contributed by atoms with van der Waals surface area (Å²) in [5, 5.41) is 8.99. The standard InChI is InChI=1S/C23H36N4O6/c24-18(23(30)31)6-2-1-4-15-5-3-11-27-12-16(7-9-19(25)32-13-28)21-17(22(15)27)8-10-20(26-21)33-14-29/h12-15,17-20,22H,1-11,24-25H2,(H,30,31). The van der Waals surface area contributed by atoms with Crippen LogP contribution in [0, 0.1) is 11.8 Å². The number of carboxylic acids is 1. The molecule has 1 fully saturated rings. The van der Waals surface area contributed by atoms with E-state index in [-0.39, 0.29) is 5.92 Å². The summed E-state index contributed by atoms with van der Waals surface area (Å²) in [6.07, 6.45) is 9.20. The number of nitrogens with two attached hydrogens (primary N) is 2. The van der Waals surface area contributed by atoms with Crippen LogP contribution in [0.25, 0.3) is 0 Å². The van der Waals surface area contributed by atoms with Crippen molar-refractivity contribution >= 4 is 24.6 Å². The summed E-state index contributed by atoms with van der Waals surface area (Å²) in [5.41, 5.74) is 13.5. The van der Waals surface area contributed by atoms with E-state index in [0.29, 0.717) is 50.6 Å². The average Bonchev–Trinajstić information content (AvgIpc) is 2.80. The van der Waals surface area contributed by atoms with Gasteiger partial charge in [-0.15, -0.1) is 0 Å². The van der Waals surface area contributed by atoms with E-state index in [4.69, 9.17) is 31.0 Å². The van der Waals surface area contributed by atoms with E-state index >= 15 is 0 Å². The molecule has 5 N–H and O–H groups in total. The Kier molecular flexibility index (Phi) is 9.25. The van der Waals surface area contributed by atoms with Crippen molar-refractivity contribution in [3.8, 4) is 0 Å². The number of unbranched alkanes of at least 4 members (excludes halogenated alkanes) is 1. The van der Waals surface area contributed by atoms with Crippen LogP contribution < -0.4 is 11.5 Å². The Morgan fingerprint density at radius 3 is 2.76 bits per heavy atom. The monoisotopic (exact) mass is 464 g/mol. The molecule has 0 saturated carbocycles. The summed E-state index contributed by atoms with van der Waals surface area (Å²) in [5.74, 6) is -0.222. The molecule has 0 spiro atoms. The smallest absolute Gasteiger partial charge is 0.320 e. The van der Waals surface area contributed by atoms with Crippen molar-refractivity contribution in [1.29, 1.82) is 0 Å². The van der Waals surface area contributed by atoms with Gasteiger partial charge in [0.2, 0.25) is 0 Å². The third kappa shape index (κ3) is 6.54. The van der Waals surface area contributed by atoms with Crippen molar-refractivity contribution in [3.05, 3.63) is 11.8 Å². The lowest BCUT2D eigenvalue weighted by atomic mass is 9.70. The molecule has 3 heterocycles. The maximum atomic E-state index is 11.0. The second-order valence-electron chi connectivity index (χ2n) is 9.21. The normalized spacial score (nSPS) is 28.4. The van der Waals surface area contributed by atoms with Crippen LogP contribution in [-0.4, -0.2) is 65.7 Å². The van der Waals surface area contributed by atoms with E-state index in [1.165, 1.54) is 0 Å². The van der Waals surface area contributed by atoms with Crippen molar-refractivity contribution < 1.29 is 29.0 Å². The minimum absolute atomic E-state index is 0.242. The first kappa shape index (κ1) is 25.2. The Balaban J connectivity index is 1.73. The Bertz CT molecular complexity index is 757. The first-order valence-electron chi connectivity index (χ1n) is 11.9. The van der Waals surface area contributed by atoms with Gasteiger partial charge in [-0.05, 0) is 50.0 Å². The molecule has 10 nitrogen and oxygen atoms in total. The molecular weight excluding hydrogens is 428 g/mol. The third-order valence-electron chi connectivity index (χ3n) is 7.08. The summed E-state index contributed by atoms with van der Waals surface area (Å²) in [4.78, 5) is 39.7. The number of hydrogen-bond donors (Lipinski definition) is 3. The number of aliphatic imine (C=N–C) groups is 1. The van der Waals surface area contributed by atoms with E-state index in [9.17, 15) is 14.4 Å². The van der Waals surface area contributed by atoms with Crippen molar-refractivity contribution in [3.63, 3.8) is 0 Å². The third-order valence-corrected chi connectivity index (χ3v) is 7.08. The average molecular weight is 465 g/mol. The molecule has 0 aromatic rings. The van der Waals surface area contributed by atoms with Gasteiger partial charge in [0.25, 0.3) is 12.9 Å². The van der Waals surface area contributed by atoms with Gasteiger partial charge in [0.1, 0.15) is 6.04 Å². The molecule has 6 atom stereocenters. The lowest BCUT2D eigenvalue weighted by Gasteiger charge is -2.50. The summed E-state index contributed by atoms with van der Waals surface area (Å²) in [7, 11) is 0. The van der Waals surface area contributed by atoms with E-state index in [1.54, 1.807) is 0 Å². The quantitative estimate of drug-likeness (QED) is 0.209. The molecule has 184 valence electrons. The molecule has 1 saturated heterocycles. The van der Waals surface area contributed by atoms with E-state index in [2.05, 4.69) is 11.1 Å². The van der Waals surface area contributed by atoms with Gasteiger partial charge in [-0.1, -0.05) is 12.8 Å². The van der Waals surface area contributed by atoms with Crippen LogP contribution in [0.15, 0.2) is 16.8 Å². The van der Waals surface area contributed by atoms with Gasteiger partial charge >= 0.3 is 5.97 Å². The van der Waals surface area contributed by atoms with Gasteiger partial charge in [0.15, 0.2) is 12.5 Å². The van der Waals surface area contributed by atoms with Crippen LogP contribution in [0.3, 0.4) is 0 Å². The Morgan fingerprint density at radius 1 is 1.21 bits per heavy atom. The Morgan fingerprint density at radius 2 is 2.03 bits per heavy atom. The lowest BCUT2D eigenvalue weighted by molar-refractivity contribution is -0.139. The van der Waals surface area contributed by atoms with Gasteiger partial charge < -0.3 is 25.2 Å². The zero-order valence-corrected chi connectivity index (χ0v) is 19.0. The fourth-order valence-electron chi connectivity index (χ4n) is 5.53. The molecule has 3 rings (SSSR count). The van der Waals surface area contributed by atoms with Gasteiger partial charge in [-0.3, -0.25) is 20.1 Å². The predicted molar refractivity (Wildman–Crippen MR) is 121 cm³/mol. The number of ether oxygens (including phenoxy) is 2. The first-order chi connectivity index (χ1) is 15.9. The second-order valence-corrected chi connectivity index (χ2v) is 9.21. The second kappa shape index (κ2) is 12.1. The van der Waals surface area contributed by atoms with Gasteiger partial charge in [-0.2, -0.15) is 0 Å².